The lowest BCUT2D eigenvalue weighted by atomic mass is 10.1. The second-order valence-electron chi connectivity index (χ2n) is 4.40. The zero-order chi connectivity index (χ0) is 15.5. The van der Waals surface area contributed by atoms with Crippen LogP contribution in [0.4, 0.5) is 4.39 Å². The van der Waals surface area contributed by atoms with E-state index >= 15 is 0 Å². The van der Waals surface area contributed by atoms with Crippen LogP contribution in [0.15, 0.2) is 53.4 Å². The van der Waals surface area contributed by atoms with E-state index in [1.165, 1.54) is 18.2 Å². The number of nitrogen functional groups attached to an aromatic ring is 1. The maximum atomic E-state index is 13.1. The highest BCUT2D eigenvalue weighted by Gasteiger charge is 2.14. The third kappa shape index (κ3) is 3.87. The van der Waals surface area contributed by atoms with Crippen LogP contribution in [-0.4, -0.2) is 14.3 Å². The van der Waals surface area contributed by atoms with Gasteiger partial charge in [0.1, 0.15) is 11.7 Å². The molecule has 2 aromatic carbocycles. The largest absolute Gasteiger partial charge is 0.384 e. The van der Waals surface area contributed by atoms with Crippen molar-refractivity contribution in [2.45, 2.75) is 11.4 Å². The summed E-state index contributed by atoms with van der Waals surface area (Å²) >= 11 is 0. The molecule has 21 heavy (non-hydrogen) atoms. The number of sulfonamides is 1. The number of amidine groups is 1. The topological polar surface area (TPSA) is 96.0 Å². The van der Waals surface area contributed by atoms with Gasteiger partial charge in [-0.1, -0.05) is 24.3 Å². The molecule has 0 spiro atoms. The van der Waals surface area contributed by atoms with Gasteiger partial charge in [0.25, 0.3) is 0 Å². The Hall–Kier alpha value is -2.25. The Kier molecular flexibility index (Phi) is 4.35. The standard InChI is InChI=1S/C14H14FN3O2S/c15-12-5-2-6-13(8-12)21(19,20)18-9-10-3-1-4-11(7-10)14(16)17/h1-8,18H,9H2,(H3,16,17). The van der Waals surface area contributed by atoms with E-state index in [0.717, 1.165) is 6.07 Å². The second kappa shape index (κ2) is 6.02. The summed E-state index contributed by atoms with van der Waals surface area (Å²) in [6, 6.07) is 11.5. The molecule has 0 radical (unpaired) electrons. The highest BCUT2D eigenvalue weighted by molar-refractivity contribution is 7.89. The Morgan fingerprint density at radius 3 is 2.57 bits per heavy atom. The monoisotopic (exact) mass is 307 g/mol. The fourth-order valence-electron chi connectivity index (χ4n) is 1.74. The summed E-state index contributed by atoms with van der Waals surface area (Å²) in [7, 11) is -3.79. The van der Waals surface area contributed by atoms with Crippen LogP contribution in [0, 0.1) is 11.2 Å². The normalized spacial score (nSPS) is 11.3. The molecule has 0 aromatic heterocycles. The van der Waals surface area contributed by atoms with E-state index in [4.69, 9.17) is 11.1 Å². The molecule has 2 rings (SSSR count). The van der Waals surface area contributed by atoms with Gasteiger partial charge in [0, 0.05) is 12.1 Å². The summed E-state index contributed by atoms with van der Waals surface area (Å²) in [5.74, 6) is -0.707. The molecule has 0 amide bonds. The highest BCUT2D eigenvalue weighted by atomic mass is 32.2. The fourth-order valence-corrected chi connectivity index (χ4v) is 2.79. The Bertz CT molecular complexity index is 775. The Morgan fingerprint density at radius 1 is 1.19 bits per heavy atom. The average molecular weight is 307 g/mol. The van der Waals surface area contributed by atoms with Crippen molar-refractivity contribution < 1.29 is 12.8 Å². The minimum atomic E-state index is -3.79. The summed E-state index contributed by atoms with van der Waals surface area (Å²) < 4.78 is 39.5. The van der Waals surface area contributed by atoms with Gasteiger partial charge >= 0.3 is 0 Å². The maximum Gasteiger partial charge on any atom is 0.240 e. The van der Waals surface area contributed by atoms with Crippen LogP contribution in [0.2, 0.25) is 0 Å². The van der Waals surface area contributed by atoms with Gasteiger partial charge in [-0.05, 0) is 29.8 Å². The number of rotatable bonds is 5. The molecule has 0 aliphatic carbocycles. The third-order valence-electron chi connectivity index (χ3n) is 2.81. The van der Waals surface area contributed by atoms with Crippen molar-refractivity contribution in [3.63, 3.8) is 0 Å². The third-order valence-corrected chi connectivity index (χ3v) is 4.21. The molecule has 110 valence electrons. The number of hydrogen-bond acceptors (Lipinski definition) is 3. The van der Waals surface area contributed by atoms with Gasteiger partial charge < -0.3 is 5.73 Å². The van der Waals surface area contributed by atoms with Crippen molar-refractivity contribution in [1.82, 2.24) is 4.72 Å². The molecule has 5 nitrogen and oxygen atoms in total. The Labute approximate surface area is 122 Å². The van der Waals surface area contributed by atoms with Crippen LogP contribution in [0.5, 0.6) is 0 Å². The van der Waals surface area contributed by atoms with E-state index in [2.05, 4.69) is 4.72 Å². The van der Waals surface area contributed by atoms with Crippen molar-refractivity contribution in [3.05, 3.63) is 65.5 Å². The smallest absolute Gasteiger partial charge is 0.240 e. The summed E-state index contributed by atoms with van der Waals surface area (Å²) in [5.41, 5.74) is 6.54. The van der Waals surface area contributed by atoms with Crippen molar-refractivity contribution in [1.29, 1.82) is 5.41 Å². The molecule has 0 unspecified atom stereocenters. The summed E-state index contributed by atoms with van der Waals surface area (Å²) in [6.45, 7) is 0.0277. The number of hydrogen-bond donors (Lipinski definition) is 3. The van der Waals surface area contributed by atoms with Crippen LogP contribution in [0.25, 0.3) is 0 Å². The predicted octanol–water partition coefficient (Wildman–Crippen LogP) is 1.59. The number of nitrogens with one attached hydrogen (secondary N) is 2. The van der Waals surface area contributed by atoms with Gasteiger partial charge in [-0.15, -0.1) is 0 Å². The van der Waals surface area contributed by atoms with Crippen molar-refractivity contribution >= 4 is 15.9 Å². The summed E-state index contributed by atoms with van der Waals surface area (Å²) in [4.78, 5) is -0.134. The maximum absolute atomic E-state index is 13.1. The van der Waals surface area contributed by atoms with E-state index in [1.807, 2.05) is 0 Å². The first kappa shape index (κ1) is 15.1. The quantitative estimate of drug-likeness (QED) is 0.578. The molecule has 4 N–H and O–H groups in total. The molecule has 2 aromatic rings. The minimum absolute atomic E-state index is 0.0277. The molecule has 0 saturated carbocycles. The molecule has 0 aliphatic heterocycles. The van der Waals surface area contributed by atoms with Crippen molar-refractivity contribution in [2.75, 3.05) is 0 Å². The lowest BCUT2D eigenvalue weighted by molar-refractivity contribution is 0.577. The number of benzene rings is 2. The first-order valence-electron chi connectivity index (χ1n) is 6.07. The van der Waals surface area contributed by atoms with Crippen LogP contribution in [0.1, 0.15) is 11.1 Å². The van der Waals surface area contributed by atoms with E-state index in [0.29, 0.717) is 11.1 Å². The molecular weight excluding hydrogens is 293 g/mol. The van der Waals surface area contributed by atoms with Crippen LogP contribution >= 0.6 is 0 Å². The van der Waals surface area contributed by atoms with Crippen LogP contribution < -0.4 is 10.5 Å². The molecule has 0 aliphatic rings. The zero-order valence-electron chi connectivity index (χ0n) is 11.0. The number of halogens is 1. The first-order valence-corrected chi connectivity index (χ1v) is 7.55. The molecule has 0 saturated heterocycles. The molecule has 0 bridgehead atoms. The predicted molar refractivity (Wildman–Crippen MR) is 77.9 cm³/mol. The van der Waals surface area contributed by atoms with Crippen LogP contribution in [-0.2, 0) is 16.6 Å². The SMILES string of the molecule is N=C(N)c1cccc(CNS(=O)(=O)c2cccc(F)c2)c1. The van der Waals surface area contributed by atoms with Gasteiger partial charge in [0.15, 0.2) is 0 Å². The molecule has 7 heteroatoms. The minimum Gasteiger partial charge on any atom is -0.384 e. The lowest BCUT2D eigenvalue weighted by Crippen LogP contribution is -2.23. The van der Waals surface area contributed by atoms with Crippen LogP contribution in [0.3, 0.4) is 0 Å². The summed E-state index contributed by atoms with van der Waals surface area (Å²) in [5, 5.41) is 7.34. The van der Waals surface area contributed by atoms with Gasteiger partial charge in [0.2, 0.25) is 10.0 Å². The van der Waals surface area contributed by atoms with E-state index in [9.17, 15) is 12.8 Å². The lowest BCUT2D eigenvalue weighted by Gasteiger charge is -2.08. The Morgan fingerprint density at radius 2 is 1.90 bits per heavy atom. The molecule has 0 heterocycles. The molecule has 0 fully saturated rings. The van der Waals surface area contributed by atoms with E-state index in [-0.39, 0.29) is 17.3 Å². The van der Waals surface area contributed by atoms with Crippen molar-refractivity contribution in [2.24, 2.45) is 5.73 Å². The van der Waals surface area contributed by atoms with Gasteiger partial charge in [-0.3, -0.25) is 5.41 Å². The van der Waals surface area contributed by atoms with Gasteiger partial charge in [-0.2, -0.15) is 0 Å². The van der Waals surface area contributed by atoms with Gasteiger partial charge in [-0.25, -0.2) is 17.5 Å². The Balaban J connectivity index is 2.15. The van der Waals surface area contributed by atoms with E-state index < -0.39 is 15.8 Å². The number of nitrogens with two attached hydrogens (primary N) is 1. The fraction of sp³-hybridized carbons (Fsp3) is 0.0714. The summed E-state index contributed by atoms with van der Waals surface area (Å²) in [6.07, 6.45) is 0. The molecule has 0 atom stereocenters. The average Bonchev–Trinajstić information content (AvgIpc) is 2.45. The first-order chi connectivity index (χ1) is 9.88. The molecular formula is C14H14FN3O2S. The van der Waals surface area contributed by atoms with Crippen molar-refractivity contribution in [3.8, 4) is 0 Å². The van der Waals surface area contributed by atoms with Gasteiger partial charge in [0.05, 0.1) is 4.90 Å². The van der Waals surface area contributed by atoms with E-state index in [1.54, 1.807) is 24.3 Å². The highest BCUT2D eigenvalue weighted by Crippen LogP contribution is 2.11. The zero-order valence-corrected chi connectivity index (χ0v) is 11.8. The second-order valence-corrected chi connectivity index (χ2v) is 6.16.